The van der Waals surface area contributed by atoms with E-state index in [4.69, 9.17) is 4.74 Å². The number of nitrogens with one attached hydrogen (secondary N) is 2. The minimum Gasteiger partial charge on any atom is -0.383 e. The number of hydrogen-bond acceptors (Lipinski definition) is 4. The number of carbonyl (C=O) groups is 1. The van der Waals surface area contributed by atoms with Crippen LogP contribution < -0.4 is 10.6 Å². The van der Waals surface area contributed by atoms with Crippen LogP contribution in [0.1, 0.15) is 41.3 Å². The molecule has 0 saturated heterocycles. The van der Waals surface area contributed by atoms with E-state index < -0.39 is 0 Å². The van der Waals surface area contributed by atoms with Crippen molar-refractivity contribution in [2.75, 3.05) is 30.9 Å². The van der Waals surface area contributed by atoms with Gasteiger partial charge in [-0.2, -0.15) is 0 Å². The van der Waals surface area contributed by atoms with Gasteiger partial charge < -0.3 is 15.4 Å². The number of ether oxygens (including phenoxy) is 1. The summed E-state index contributed by atoms with van der Waals surface area (Å²) in [5.74, 6) is 0.175. The number of benzene rings is 1. The van der Waals surface area contributed by atoms with Crippen LogP contribution in [-0.4, -0.2) is 31.2 Å². The number of aryl methyl sites for hydroxylation is 1. The van der Waals surface area contributed by atoms with Crippen LogP contribution in [0.4, 0.5) is 11.4 Å². The summed E-state index contributed by atoms with van der Waals surface area (Å²) in [6.45, 7) is 7.50. The number of pyridine rings is 1. The first kappa shape index (κ1) is 17.9. The van der Waals surface area contributed by atoms with Gasteiger partial charge in [0.2, 0.25) is 0 Å². The van der Waals surface area contributed by atoms with Crippen molar-refractivity contribution in [1.29, 1.82) is 0 Å². The van der Waals surface area contributed by atoms with Crippen molar-refractivity contribution in [2.45, 2.75) is 26.7 Å². The molecule has 0 aliphatic heterocycles. The zero-order valence-electron chi connectivity index (χ0n) is 14.7. The third-order valence-corrected chi connectivity index (χ3v) is 3.80. The van der Waals surface area contributed by atoms with Gasteiger partial charge in [0, 0.05) is 31.7 Å². The van der Waals surface area contributed by atoms with Gasteiger partial charge in [-0.3, -0.25) is 9.78 Å². The van der Waals surface area contributed by atoms with Crippen LogP contribution in [0.3, 0.4) is 0 Å². The van der Waals surface area contributed by atoms with Gasteiger partial charge in [-0.1, -0.05) is 32.0 Å². The molecule has 0 radical (unpaired) electrons. The fourth-order valence-electron chi connectivity index (χ4n) is 2.49. The largest absolute Gasteiger partial charge is 0.383 e. The summed E-state index contributed by atoms with van der Waals surface area (Å²) >= 11 is 0. The van der Waals surface area contributed by atoms with Gasteiger partial charge in [0.25, 0.3) is 5.91 Å². The summed E-state index contributed by atoms with van der Waals surface area (Å²) in [5.41, 5.74) is 4.39. The van der Waals surface area contributed by atoms with E-state index in [0.717, 1.165) is 22.5 Å². The smallest absolute Gasteiger partial charge is 0.257 e. The van der Waals surface area contributed by atoms with Crippen molar-refractivity contribution >= 4 is 17.3 Å². The van der Waals surface area contributed by atoms with E-state index in [1.54, 1.807) is 25.6 Å². The van der Waals surface area contributed by atoms with Gasteiger partial charge in [-0.25, -0.2) is 0 Å². The van der Waals surface area contributed by atoms with Crippen molar-refractivity contribution in [1.82, 2.24) is 4.98 Å². The van der Waals surface area contributed by atoms with Crippen LogP contribution >= 0.6 is 0 Å². The number of amides is 1. The number of methoxy groups -OCH3 is 1. The molecule has 0 atom stereocenters. The Morgan fingerprint density at radius 1 is 1.29 bits per heavy atom. The zero-order chi connectivity index (χ0) is 17.5. The minimum atomic E-state index is -0.158. The van der Waals surface area contributed by atoms with Crippen LogP contribution in [-0.2, 0) is 4.74 Å². The van der Waals surface area contributed by atoms with Gasteiger partial charge >= 0.3 is 0 Å². The van der Waals surface area contributed by atoms with Crippen molar-refractivity contribution in [3.05, 3.63) is 53.3 Å². The molecule has 0 aliphatic rings. The lowest BCUT2D eigenvalue weighted by Gasteiger charge is -2.16. The van der Waals surface area contributed by atoms with Gasteiger partial charge in [0.15, 0.2) is 0 Å². The van der Waals surface area contributed by atoms with E-state index >= 15 is 0 Å². The Balaban J connectivity index is 2.17. The fraction of sp³-hybridized carbons (Fsp3) is 0.368. The number of nitrogens with zero attached hydrogens (tertiary/aromatic N) is 1. The second kappa shape index (κ2) is 8.45. The maximum absolute atomic E-state index is 12.6. The third-order valence-electron chi connectivity index (χ3n) is 3.80. The Kier molecular flexibility index (Phi) is 6.32. The maximum atomic E-state index is 12.6. The molecular weight excluding hydrogens is 302 g/mol. The first-order valence-corrected chi connectivity index (χ1v) is 8.11. The molecule has 0 bridgehead atoms. The molecule has 2 aromatic rings. The summed E-state index contributed by atoms with van der Waals surface area (Å²) < 4.78 is 5.01. The van der Waals surface area contributed by atoms with Crippen molar-refractivity contribution in [3.63, 3.8) is 0 Å². The maximum Gasteiger partial charge on any atom is 0.257 e. The first-order chi connectivity index (χ1) is 11.5. The molecule has 5 heteroatoms. The summed E-state index contributed by atoms with van der Waals surface area (Å²) in [6.07, 6.45) is 3.27. The lowest BCUT2D eigenvalue weighted by atomic mass is 9.98. The molecule has 2 N–H and O–H groups in total. The summed E-state index contributed by atoms with van der Waals surface area (Å²) in [5, 5.41) is 6.22. The lowest BCUT2D eigenvalue weighted by molar-refractivity contribution is 0.102. The average Bonchev–Trinajstić information content (AvgIpc) is 2.57. The molecule has 0 fully saturated rings. The molecule has 24 heavy (non-hydrogen) atoms. The quantitative estimate of drug-likeness (QED) is 0.759. The Labute approximate surface area is 143 Å². The number of anilines is 2. The second-order valence-electron chi connectivity index (χ2n) is 6.03. The average molecular weight is 327 g/mol. The summed E-state index contributed by atoms with van der Waals surface area (Å²) in [6, 6.07) is 7.87. The fourth-order valence-corrected chi connectivity index (χ4v) is 2.49. The Morgan fingerprint density at radius 2 is 2.08 bits per heavy atom. The van der Waals surface area contributed by atoms with E-state index in [9.17, 15) is 4.79 Å². The van der Waals surface area contributed by atoms with E-state index in [-0.39, 0.29) is 5.91 Å². The Morgan fingerprint density at radius 3 is 2.79 bits per heavy atom. The van der Waals surface area contributed by atoms with Crippen molar-refractivity contribution in [3.8, 4) is 0 Å². The van der Waals surface area contributed by atoms with Crippen molar-refractivity contribution < 1.29 is 9.53 Å². The number of aromatic nitrogens is 1. The second-order valence-corrected chi connectivity index (χ2v) is 6.03. The Bertz CT molecular complexity index is 699. The van der Waals surface area contributed by atoms with Gasteiger partial charge in [0.1, 0.15) is 0 Å². The van der Waals surface area contributed by atoms with E-state index in [0.29, 0.717) is 24.6 Å². The monoisotopic (exact) mass is 327 g/mol. The van der Waals surface area contributed by atoms with Gasteiger partial charge in [0.05, 0.1) is 17.9 Å². The molecule has 5 nitrogen and oxygen atoms in total. The molecule has 1 amide bonds. The molecule has 2 rings (SSSR count). The molecule has 128 valence electrons. The molecule has 0 unspecified atom stereocenters. The molecule has 0 saturated carbocycles. The highest BCUT2D eigenvalue weighted by Crippen LogP contribution is 2.27. The number of hydrogen-bond donors (Lipinski definition) is 2. The summed E-state index contributed by atoms with van der Waals surface area (Å²) in [7, 11) is 1.65. The van der Waals surface area contributed by atoms with Crippen LogP contribution in [0.15, 0.2) is 36.7 Å². The molecular formula is C19H25N3O2. The Hall–Kier alpha value is -2.40. The SMILES string of the molecule is COCCNc1cncc(C(=O)Nc2c(C)cccc2C(C)C)c1. The minimum absolute atomic E-state index is 0.158. The van der Waals surface area contributed by atoms with Crippen LogP contribution in [0, 0.1) is 6.92 Å². The summed E-state index contributed by atoms with van der Waals surface area (Å²) in [4.78, 5) is 16.8. The van der Waals surface area contributed by atoms with Crippen LogP contribution in [0.25, 0.3) is 0 Å². The number of carbonyl (C=O) groups excluding carboxylic acids is 1. The topological polar surface area (TPSA) is 63.2 Å². The van der Waals surface area contributed by atoms with E-state index in [1.807, 2.05) is 25.1 Å². The van der Waals surface area contributed by atoms with E-state index in [1.165, 1.54) is 0 Å². The standard InChI is InChI=1S/C19H25N3O2/c1-13(2)17-7-5-6-14(3)18(17)22-19(23)15-10-16(12-20-11-15)21-8-9-24-4/h5-7,10-13,21H,8-9H2,1-4H3,(H,22,23). The number of para-hydroxylation sites is 1. The number of rotatable bonds is 7. The third kappa shape index (κ3) is 4.55. The van der Waals surface area contributed by atoms with Crippen molar-refractivity contribution in [2.24, 2.45) is 0 Å². The van der Waals surface area contributed by atoms with Crippen LogP contribution in [0.5, 0.6) is 0 Å². The predicted octanol–water partition coefficient (Wildman–Crippen LogP) is 3.82. The highest BCUT2D eigenvalue weighted by Gasteiger charge is 2.14. The molecule has 1 heterocycles. The normalized spacial score (nSPS) is 10.7. The van der Waals surface area contributed by atoms with E-state index in [2.05, 4.69) is 29.5 Å². The molecule has 0 spiro atoms. The molecule has 0 aliphatic carbocycles. The highest BCUT2D eigenvalue weighted by molar-refractivity contribution is 6.05. The van der Waals surface area contributed by atoms with Crippen LogP contribution in [0.2, 0.25) is 0 Å². The first-order valence-electron chi connectivity index (χ1n) is 8.11. The molecule has 1 aromatic heterocycles. The highest BCUT2D eigenvalue weighted by atomic mass is 16.5. The predicted molar refractivity (Wildman–Crippen MR) is 97.8 cm³/mol. The van der Waals surface area contributed by atoms with Gasteiger partial charge in [-0.15, -0.1) is 0 Å². The lowest BCUT2D eigenvalue weighted by Crippen LogP contribution is -2.16. The van der Waals surface area contributed by atoms with Gasteiger partial charge in [-0.05, 0) is 30.0 Å². The molecule has 1 aromatic carbocycles. The zero-order valence-corrected chi connectivity index (χ0v) is 14.7.